The van der Waals surface area contributed by atoms with Crippen molar-refractivity contribution >= 4 is 5.78 Å². The number of aliphatic hydroxyl groups excluding tert-OH is 7. The number of rotatable bonds is 7. The summed E-state index contributed by atoms with van der Waals surface area (Å²) in [5.41, 5.74) is -0.154. The number of aromatic hydroxyl groups is 2. The van der Waals surface area contributed by atoms with Crippen LogP contribution in [0.15, 0.2) is 30.3 Å². The van der Waals surface area contributed by atoms with Crippen LogP contribution in [0.25, 0.3) is 0 Å². The van der Waals surface area contributed by atoms with Gasteiger partial charge in [-0.25, -0.2) is 0 Å². The molecule has 3 aliphatic heterocycles. The molecule has 44 heavy (non-hydrogen) atoms. The van der Waals surface area contributed by atoms with Gasteiger partial charge in [-0.3, -0.25) is 4.79 Å². The number of ketones is 1. The molecule has 0 spiro atoms. The van der Waals surface area contributed by atoms with Gasteiger partial charge >= 0.3 is 0 Å². The van der Waals surface area contributed by atoms with E-state index in [-0.39, 0.29) is 34.1 Å². The van der Waals surface area contributed by atoms with Crippen LogP contribution in [0.3, 0.4) is 0 Å². The predicted molar refractivity (Wildman–Crippen MR) is 142 cm³/mol. The van der Waals surface area contributed by atoms with E-state index >= 15 is 0 Å². The Labute approximate surface area is 249 Å². The molecule has 16 nitrogen and oxygen atoms in total. The Morgan fingerprint density at radius 3 is 2.18 bits per heavy atom. The zero-order chi connectivity index (χ0) is 32.0. The second-order valence-electron chi connectivity index (χ2n) is 10.7. The van der Waals surface area contributed by atoms with E-state index in [0.29, 0.717) is 0 Å². The van der Waals surface area contributed by atoms with Gasteiger partial charge in [0, 0.05) is 12.1 Å². The maximum absolute atomic E-state index is 13.9. The monoisotopic (exact) mass is 626 g/mol. The number of Topliss-reactive ketones (excluding diaryl/α,β-unsaturated/α-hetero) is 1. The van der Waals surface area contributed by atoms with Crippen molar-refractivity contribution in [3.63, 3.8) is 0 Å². The largest absolute Gasteiger partial charge is 0.507 e. The third-order valence-electron chi connectivity index (χ3n) is 7.81. The van der Waals surface area contributed by atoms with Crippen molar-refractivity contribution in [3.05, 3.63) is 41.5 Å². The van der Waals surface area contributed by atoms with Crippen LogP contribution in [-0.2, 0) is 14.2 Å². The number of hydrogen-bond donors (Lipinski definition) is 9. The van der Waals surface area contributed by atoms with Crippen LogP contribution in [0.5, 0.6) is 28.7 Å². The Hall–Kier alpha value is -3.29. The third kappa shape index (κ3) is 5.77. The fourth-order valence-electron chi connectivity index (χ4n) is 5.28. The van der Waals surface area contributed by atoms with E-state index in [1.807, 2.05) is 0 Å². The fraction of sp³-hybridized carbons (Fsp3) is 0.536. The second kappa shape index (κ2) is 12.6. The van der Waals surface area contributed by atoms with Gasteiger partial charge in [-0.15, -0.1) is 0 Å². The van der Waals surface area contributed by atoms with E-state index < -0.39 is 91.8 Å². The molecule has 2 saturated heterocycles. The molecule has 0 aliphatic carbocycles. The van der Waals surface area contributed by atoms with Crippen LogP contribution < -0.4 is 14.2 Å². The number of phenols is 2. The molecule has 242 valence electrons. The lowest BCUT2D eigenvalue weighted by molar-refractivity contribution is -0.311. The molecule has 0 radical (unpaired) electrons. The van der Waals surface area contributed by atoms with Crippen LogP contribution in [0, 0.1) is 0 Å². The van der Waals surface area contributed by atoms with Gasteiger partial charge < -0.3 is 74.4 Å². The van der Waals surface area contributed by atoms with Crippen LogP contribution in [0.1, 0.15) is 28.9 Å². The van der Waals surface area contributed by atoms with Crippen LogP contribution >= 0.6 is 0 Å². The number of carbonyl (C=O) groups is 1. The maximum Gasteiger partial charge on any atom is 0.229 e. The van der Waals surface area contributed by atoms with Gasteiger partial charge in [-0.2, -0.15) is 0 Å². The lowest BCUT2D eigenvalue weighted by Gasteiger charge is -2.42. The summed E-state index contributed by atoms with van der Waals surface area (Å²) in [5.74, 6) is -2.10. The number of carbonyl (C=O) groups excluding carboxylic acids is 1. The molecule has 0 amide bonds. The minimum absolute atomic E-state index is 0.00849. The lowest BCUT2D eigenvalue weighted by Crippen LogP contribution is -2.60. The molecule has 3 aliphatic rings. The molecular weight excluding hydrogens is 592 g/mol. The van der Waals surface area contributed by atoms with Crippen molar-refractivity contribution in [3.8, 4) is 28.7 Å². The molecule has 12 atom stereocenters. The number of phenolic OH excluding ortho intramolecular Hbond substituents is 2. The van der Waals surface area contributed by atoms with Gasteiger partial charge in [-0.05, 0) is 24.6 Å². The minimum Gasteiger partial charge on any atom is -0.507 e. The molecule has 2 fully saturated rings. The van der Waals surface area contributed by atoms with E-state index in [0.717, 1.165) is 6.07 Å². The topological polar surface area (TPSA) is 255 Å². The van der Waals surface area contributed by atoms with Crippen molar-refractivity contribution in [2.24, 2.45) is 0 Å². The van der Waals surface area contributed by atoms with E-state index in [2.05, 4.69) is 0 Å². The Kier molecular flexibility index (Phi) is 9.20. The number of fused-ring (bicyclic) bond motifs is 1. The molecule has 2 unspecified atom stereocenters. The molecular formula is C28H34O16. The Morgan fingerprint density at radius 1 is 0.818 bits per heavy atom. The van der Waals surface area contributed by atoms with Gasteiger partial charge in [0.1, 0.15) is 65.5 Å². The molecule has 0 bridgehead atoms. The van der Waals surface area contributed by atoms with Gasteiger partial charge in [0.05, 0.1) is 19.8 Å². The van der Waals surface area contributed by atoms with E-state index in [9.17, 15) is 50.8 Å². The zero-order valence-corrected chi connectivity index (χ0v) is 23.4. The average Bonchev–Trinajstić information content (AvgIpc) is 3.00. The van der Waals surface area contributed by atoms with Crippen molar-refractivity contribution in [1.29, 1.82) is 0 Å². The first-order valence-corrected chi connectivity index (χ1v) is 13.6. The van der Waals surface area contributed by atoms with Crippen LogP contribution in [-0.4, -0.2) is 133 Å². The van der Waals surface area contributed by atoms with Crippen LogP contribution in [0.4, 0.5) is 0 Å². The summed E-state index contributed by atoms with van der Waals surface area (Å²) in [7, 11) is 1.29. The normalized spacial score (nSPS) is 37.2. The van der Waals surface area contributed by atoms with E-state index in [4.69, 9.17) is 28.4 Å². The summed E-state index contributed by atoms with van der Waals surface area (Å²) < 4.78 is 33.6. The lowest BCUT2D eigenvalue weighted by atomic mass is 9.92. The van der Waals surface area contributed by atoms with Crippen molar-refractivity contribution in [1.82, 2.24) is 0 Å². The SMILES string of the molecule is COc1cc(C2Oc3cc(O[C@@H]4O[C@H](C)[C@H](O)[C@@H](O)[C@H]4O)cc(O)c3C(=O)C2O[C@@H]2O[C@H](CO)[C@@H](O)[C@H](O)[C@H]2O)ccc1O. The Bertz CT molecular complexity index is 1350. The van der Waals surface area contributed by atoms with Gasteiger partial charge in [0.15, 0.2) is 30.0 Å². The summed E-state index contributed by atoms with van der Waals surface area (Å²) in [5, 5.41) is 91.9. The summed E-state index contributed by atoms with van der Waals surface area (Å²) in [4.78, 5) is 13.9. The highest BCUT2D eigenvalue weighted by Crippen LogP contribution is 2.45. The second-order valence-corrected chi connectivity index (χ2v) is 10.7. The highest BCUT2D eigenvalue weighted by molar-refractivity contribution is 6.05. The summed E-state index contributed by atoms with van der Waals surface area (Å²) in [6.07, 6.45) is -18.5. The van der Waals surface area contributed by atoms with Gasteiger partial charge in [-0.1, -0.05) is 6.07 Å². The molecule has 5 rings (SSSR count). The molecule has 2 aromatic carbocycles. The van der Waals surface area contributed by atoms with Gasteiger partial charge in [0.25, 0.3) is 0 Å². The molecule has 0 aromatic heterocycles. The smallest absolute Gasteiger partial charge is 0.229 e. The standard InChI is InChI=1S/C28H34O16/c1-9-18(32)21(35)23(37)27(40-9)41-11-6-13(31)17-15(7-11)42-25(10-3-4-12(30)14(5-10)39-2)26(20(17)34)44-28-24(38)22(36)19(33)16(8-29)43-28/h3-7,9,16,18-19,21-33,35-38H,8H2,1-2H3/t9-,16-,18+,19-,21-,22+,23-,24-,25?,26?,27+,28+/m1/s1. The van der Waals surface area contributed by atoms with Crippen molar-refractivity contribution < 1.29 is 79.2 Å². The van der Waals surface area contributed by atoms with E-state index in [1.165, 1.54) is 38.3 Å². The summed E-state index contributed by atoms with van der Waals surface area (Å²) in [6, 6.07) is 6.24. The summed E-state index contributed by atoms with van der Waals surface area (Å²) in [6.45, 7) is 0.702. The number of benzene rings is 2. The molecule has 16 heteroatoms. The highest BCUT2D eigenvalue weighted by atomic mass is 16.7. The van der Waals surface area contributed by atoms with Gasteiger partial charge in [0.2, 0.25) is 12.1 Å². The predicted octanol–water partition coefficient (Wildman–Crippen LogP) is -2.19. The average molecular weight is 627 g/mol. The number of hydrogen-bond acceptors (Lipinski definition) is 16. The molecule has 9 N–H and O–H groups in total. The van der Waals surface area contributed by atoms with Crippen molar-refractivity contribution in [2.75, 3.05) is 13.7 Å². The Balaban J connectivity index is 1.51. The van der Waals surface area contributed by atoms with E-state index in [1.54, 1.807) is 0 Å². The maximum atomic E-state index is 13.9. The highest BCUT2D eigenvalue weighted by Gasteiger charge is 2.49. The van der Waals surface area contributed by atoms with Crippen molar-refractivity contribution in [2.45, 2.75) is 80.5 Å². The Morgan fingerprint density at radius 2 is 1.50 bits per heavy atom. The minimum atomic E-state index is -1.86. The molecule has 0 saturated carbocycles. The number of methoxy groups -OCH3 is 1. The zero-order valence-electron chi connectivity index (χ0n) is 23.4. The number of ether oxygens (including phenoxy) is 6. The number of aliphatic hydroxyl groups is 7. The summed E-state index contributed by atoms with van der Waals surface area (Å²) >= 11 is 0. The third-order valence-corrected chi connectivity index (χ3v) is 7.81. The first-order valence-electron chi connectivity index (χ1n) is 13.6. The first-order chi connectivity index (χ1) is 20.9. The first kappa shape index (κ1) is 32.1. The quantitative estimate of drug-likeness (QED) is 0.158. The molecule has 2 aromatic rings. The fourth-order valence-corrected chi connectivity index (χ4v) is 5.28. The molecule has 3 heterocycles. The van der Waals surface area contributed by atoms with Crippen LogP contribution in [0.2, 0.25) is 0 Å².